The van der Waals surface area contributed by atoms with Crippen molar-refractivity contribution in [2.24, 2.45) is 0 Å². The number of rotatable bonds is 5. The molecule has 10 nitrogen and oxygen atoms in total. The molecule has 0 saturated heterocycles. The minimum absolute atomic E-state index is 0.0312. The van der Waals surface area contributed by atoms with Crippen molar-refractivity contribution in [2.45, 2.75) is 0 Å². The molecule has 0 saturated carbocycles. The summed E-state index contributed by atoms with van der Waals surface area (Å²) >= 11 is 0. The van der Waals surface area contributed by atoms with Crippen LogP contribution in [0.1, 0.15) is 10.4 Å². The number of nitrogens with zero attached hydrogens (tertiary/aromatic N) is 4. The van der Waals surface area contributed by atoms with E-state index in [0.717, 1.165) is 0 Å². The van der Waals surface area contributed by atoms with Gasteiger partial charge < -0.3 is 8.83 Å². The molecule has 0 spiro atoms. The number of hydrogen-bond acceptors (Lipinski definition) is 8. The molecule has 3 heterocycles. The van der Waals surface area contributed by atoms with Crippen LogP contribution < -0.4 is 5.32 Å². The van der Waals surface area contributed by atoms with E-state index in [4.69, 9.17) is 8.83 Å². The first kappa shape index (κ1) is 19.1. The third-order valence-electron chi connectivity index (χ3n) is 4.71. The Balaban J connectivity index is 1.51. The summed E-state index contributed by atoms with van der Waals surface area (Å²) in [5, 5.41) is 21.9. The molecule has 10 heteroatoms. The van der Waals surface area contributed by atoms with E-state index in [2.05, 4.69) is 20.5 Å². The highest BCUT2D eigenvalue weighted by Gasteiger charge is 2.18. The molecule has 1 N–H and O–H groups in total. The van der Waals surface area contributed by atoms with Crippen molar-refractivity contribution < 1.29 is 18.6 Å². The molecule has 2 aromatic carbocycles. The van der Waals surface area contributed by atoms with Crippen LogP contribution in [0, 0.1) is 10.1 Å². The zero-order valence-corrected chi connectivity index (χ0v) is 16.3. The van der Waals surface area contributed by atoms with Crippen molar-refractivity contribution in [1.82, 2.24) is 15.2 Å². The first-order valence-electron chi connectivity index (χ1n) is 9.42. The fourth-order valence-corrected chi connectivity index (χ4v) is 3.20. The van der Waals surface area contributed by atoms with Gasteiger partial charge in [-0.15, -0.1) is 5.10 Å². The number of anilines is 1. The highest BCUT2D eigenvalue weighted by Crippen LogP contribution is 2.27. The van der Waals surface area contributed by atoms with Crippen LogP contribution >= 0.6 is 0 Å². The number of hydrogen-bond donors (Lipinski definition) is 1. The van der Waals surface area contributed by atoms with Crippen LogP contribution in [-0.2, 0) is 0 Å². The summed E-state index contributed by atoms with van der Waals surface area (Å²) in [5.74, 6) is 0.0469. The van der Waals surface area contributed by atoms with Gasteiger partial charge in [0.15, 0.2) is 5.76 Å². The molecule has 1 amide bonds. The van der Waals surface area contributed by atoms with Gasteiger partial charge in [-0.05, 0) is 36.4 Å². The minimum atomic E-state index is -0.474. The van der Waals surface area contributed by atoms with Crippen LogP contribution in [-0.4, -0.2) is 26.0 Å². The van der Waals surface area contributed by atoms with Gasteiger partial charge in [0.1, 0.15) is 0 Å². The van der Waals surface area contributed by atoms with Gasteiger partial charge in [0.05, 0.1) is 28.0 Å². The second-order valence-corrected chi connectivity index (χ2v) is 6.72. The Bertz CT molecular complexity index is 1440. The molecule has 32 heavy (non-hydrogen) atoms. The Morgan fingerprint density at radius 1 is 1.00 bits per heavy atom. The van der Waals surface area contributed by atoms with Crippen molar-refractivity contribution >= 4 is 28.5 Å². The molecule has 0 atom stereocenters. The predicted octanol–water partition coefficient (Wildman–Crippen LogP) is 4.71. The lowest BCUT2D eigenvalue weighted by atomic mass is 10.0. The fraction of sp³-hybridized carbons (Fsp3) is 0. The topological polar surface area (TPSA) is 137 Å². The summed E-state index contributed by atoms with van der Waals surface area (Å²) in [6, 6.07) is 18.0. The molecule has 0 aliphatic carbocycles. The summed E-state index contributed by atoms with van der Waals surface area (Å²) in [5.41, 5.74) is 2.02. The van der Waals surface area contributed by atoms with Crippen LogP contribution in [0.4, 0.5) is 11.7 Å². The zero-order valence-electron chi connectivity index (χ0n) is 16.3. The number of fused-ring (bicyclic) bond motifs is 1. The Morgan fingerprint density at radius 3 is 2.56 bits per heavy atom. The standard InChI is InChI=1S/C22H13N5O5/c28-20(24-22-26-25-21(32-22)19-6-3-11-31-19)16-12-18(23-17-5-2-1-4-15(16)17)13-7-9-14(10-8-13)27(29)30/h1-12H,(H,24,26,28). The van der Waals surface area contributed by atoms with Crippen LogP contribution in [0.5, 0.6) is 0 Å². The molecule has 3 aromatic heterocycles. The molecule has 0 aliphatic heterocycles. The summed E-state index contributed by atoms with van der Waals surface area (Å²) in [6.45, 7) is 0. The number of aromatic nitrogens is 3. The van der Waals surface area contributed by atoms with E-state index in [-0.39, 0.29) is 17.6 Å². The van der Waals surface area contributed by atoms with Gasteiger partial charge in [-0.1, -0.05) is 23.3 Å². The number of furan rings is 1. The second kappa shape index (κ2) is 7.76. The van der Waals surface area contributed by atoms with Crippen LogP contribution in [0.15, 0.2) is 81.8 Å². The molecule has 0 unspecified atom stereocenters. The molecule has 156 valence electrons. The highest BCUT2D eigenvalue weighted by atomic mass is 16.6. The van der Waals surface area contributed by atoms with Gasteiger partial charge in [-0.3, -0.25) is 20.2 Å². The van der Waals surface area contributed by atoms with Crippen molar-refractivity contribution in [3.63, 3.8) is 0 Å². The Morgan fingerprint density at radius 2 is 1.81 bits per heavy atom. The lowest BCUT2D eigenvalue weighted by Gasteiger charge is -2.09. The average Bonchev–Trinajstić information content (AvgIpc) is 3.50. The van der Waals surface area contributed by atoms with Gasteiger partial charge in [-0.25, -0.2) is 4.98 Å². The molecule has 0 aliphatic rings. The monoisotopic (exact) mass is 427 g/mol. The van der Waals surface area contributed by atoms with E-state index < -0.39 is 10.8 Å². The number of nitro groups is 1. The number of nitrogens with one attached hydrogen (secondary N) is 1. The molecule has 0 bridgehead atoms. The number of benzene rings is 2. The minimum Gasteiger partial charge on any atom is -0.459 e. The third-order valence-corrected chi connectivity index (χ3v) is 4.71. The summed E-state index contributed by atoms with van der Waals surface area (Å²) < 4.78 is 10.7. The van der Waals surface area contributed by atoms with E-state index in [1.165, 1.54) is 18.4 Å². The van der Waals surface area contributed by atoms with Gasteiger partial charge in [0.25, 0.3) is 17.5 Å². The Labute approximate surface area is 179 Å². The highest BCUT2D eigenvalue weighted by molar-refractivity contribution is 6.12. The number of pyridine rings is 1. The predicted molar refractivity (Wildman–Crippen MR) is 114 cm³/mol. The van der Waals surface area contributed by atoms with Gasteiger partial charge in [0, 0.05) is 23.1 Å². The Hall–Kier alpha value is -4.86. The van der Waals surface area contributed by atoms with Gasteiger partial charge in [-0.2, -0.15) is 0 Å². The summed E-state index contributed by atoms with van der Waals surface area (Å²) in [7, 11) is 0. The van der Waals surface area contributed by atoms with E-state index >= 15 is 0 Å². The number of carbonyl (C=O) groups is 1. The number of non-ortho nitro benzene ring substituents is 1. The maximum atomic E-state index is 13.1. The van der Waals surface area contributed by atoms with Crippen molar-refractivity contribution in [1.29, 1.82) is 0 Å². The number of carbonyl (C=O) groups excluding carboxylic acids is 1. The van der Waals surface area contributed by atoms with E-state index in [1.807, 2.05) is 6.07 Å². The number of nitro benzene ring substituents is 1. The largest absolute Gasteiger partial charge is 0.459 e. The average molecular weight is 427 g/mol. The summed E-state index contributed by atoms with van der Waals surface area (Å²) in [4.78, 5) is 28.1. The molecule has 5 rings (SSSR count). The third kappa shape index (κ3) is 3.56. The fourth-order valence-electron chi connectivity index (χ4n) is 3.20. The zero-order chi connectivity index (χ0) is 22.1. The van der Waals surface area contributed by atoms with Crippen LogP contribution in [0.25, 0.3) is 33.8 Å². The first-order valence-corrected chi connectivity index (χ1v) is 9.42. The van der Waals surface area contributed by atoms with E-state index in [9.17, 15) is 14.9 Å². The van der Waals surface area contributed by atoms with Gasteiger partial charge in [0.2, 0.25) is 0 Å². The maximum absolute atomic E-state index is 13.1. The quantitative estimate of drug-likeness (QED) is 0.314. The molecular weight excluding hydrogens is 414 g/mol. The van der Waals surface area contributed by atoms with Crippen LogP contribution in [0.2, 0.25) is 0 Å². The van der Waals surface area contributed by atoms with E-state index in [0.29, 0.717) is 33.5 Å². The van der Waals surface area contributed by atoms with Gasteiger partial charge >= 0.3 is 6.01 Å². The molecule has 0 radical (unpaired) electrons. The lowest BCUT2D eigenvalue weighted by Crippen LogP contribution is -2.13. The van der Waals surface area contributed by atoms with Crippen molar-refractivity contribution in [3.8, 4) is 22.9 Å². The summed E-state index contributed by atoms with van der Waals surface area (Å²) in [6.07, 6.45) is 1.47. The van der Waals surface area contributed by atoms with Crippen LogP contribution in [0.3, 0.4) is 0 Å². The number of amides is 1. The lowest BCUT2D eigenvalue weighted by molar-refractivity contribution is -0.384. The molecular formula is C22H13N5O5. The first-order chi connectivity index (χ1) is 15.6. The Kier molecular flexibility index (Phi) is 4.64. The second-order valence-electron chi connectivity index (χ2n) is 6.72. The molecule has 5 aromatic rings. The van der Waals surface area contributed by atoms with Crippen molar-refractivity contribution in [3.05, 3.63) is 88.7 Å². The normalized spacial score (nSPS) is 10.9. The van der Waals surface area contributed by atoms with E-state index in [1.54, 1.807) is 48.5 Å². The number of para-hydroxylation sites is 1. The smallest absolute Gasteiger partial charge is 0.322 e. The maximum Gasteiger partial charge on any atom is 0.322 e. The molecule has 0 fully saturated rings. The SMILES string of the molecule is O=C(Nc1nnc(-c2ccco2)o1)c1cc(-c2ccc([N+](=O)[O-])cc2)nc2ccccc12. The van der Waals surface area contributed by atoms with Crippen molar-refractivity contribution in [2.75, 3.05) is 5.32 Å².